The van der Waals surface area contributed by atoms with E-state index in [1.807, 2.05) is 6.92 Å². The summed E-state index contributed by atoms with van der Waals surface area (Å²) in [6.07, 6.45) is -1.79. The van der Waals surface area contributed by atoms with E-state index in [9.17, 15) is 23.3 Å². The van der Waals surface area contributed by atoms with Gasteiger partial charge in [-0.2, -0.15) is 13.2 Å². The van der Waals surface area contributed by atoms with Crippen molar-refractivity contribution in [3.8, 4) is 0 Å². The van der Waals surface area contributed by atoms with E-state index in [1.165, 1.54) is 22.6 Å². The van der Waals surface area contributed by atoms with Gasteiger partial charge in [0.25, 0.3) is 5.69 Å². The number of piperidine rings is 1. The fourth-order valence-corrected chi connectivity index (χ4v) is 3.87. The summed E-state index contributed by atoms with van der Waals surface area (Å²) in [5.41, 5.74) is 1.32. The lowest BCUT2D eigenvalue weighted by Crippen LogP contribution is -2.35. The fraction of sp³-hybridized carbons (Fsp3) is 0.368. The fourth-order valence-electron chi connectivity index (χ4n) is 3.87. The number of non-ortho nitro benzene ring substituents is 1. The van der Waals surface area contributed by atoms with Crippen molar-refractivity contribution in [2.24, 2.45) is 0 Å². The monoisotopic (exact) mass is 405 g/mol. The summed E-state index contributed by atoms with van der Waals surface area (Å²) >= 11 is 0. The molecule has 1 saturated heterocycles. The third-order valence-electron chi connectivity index (χ3n) is 5.27. The number of aromatic nitrogens is 3. The van der Waals surface area contributed by atoms with Crippen molar-refractivity contribution in [1.82, 2.24) is 14.6 Å². The Morgan fingerprint density at radius 1 is 1.21 bits per heavy atom. The molecule has 0 aliphatic carbocycles. The zero-order valence-corrected chi connectivity index (χ0v) is 15.6. The van der Waals surface area contributed by atoms with Crippen LogP contribution >= 0.6 is 0 Å². The Hall–Kier alpha value is -3.17. The van der Waals surface area contributed by atoms with E-state index in [2.05, 4.69) is 15.1 Å². The third-order valence-corrected chi connectivity index (χ3v) is 5.27. The Morgan fingerprint density at radius 3 is 2.69 bits per heavy atom. The molecule has 10 heteroatoms. The maximum atomic E-state index is 13.1. The highest BCUT2D eigenvalue weighted by Crippen LogP contribution is 2.34. The van der Waals surface area contributed by atoms with E-state index < -0.39 is 16.7 Å². The van der Waals surface area contributed by atoms with E-state index in [0.717, 1.165) is 42.9 Å². The van der Waals surface area contributed by atoms with Crippen LogP contribution in [-0.4, -0.2) is 32.6 Å². The van der Waals surface area contributed by atoms with Crippen molar-refractivity contribution < 1.29 is 18.1 Å². The van der Waals surface area contributed by atoms with Crippen LogP contribution in [0.25, 0.3) is 5.65 Å². The molecule has 1 aliphatic heterocycles. The van der Waals surface area contributed by atoms with E-state index in [-0.39, 0.29) is 11.6 Å². The maximum absolute atomic E-state index is 13.1. The molecule has 0 bridgehead atoms. The van der Waals surface area contributed by atoms with E-state index >= 15 is 0 Å². The molecular formula is C19H18F3N5O2. The van der Waals surface area contributed by atoms with Gasteiger partial charge in [-0.15, -0.1) is 10.2 Å². The first-order valence-corrected chi connectivity index (χ1v) is 9.16. The van der Waals surface area contributed by atoms with Crippen molar-refractivity contribution in [1.29, 1.82) is 0 Å². The molecule has 1 atom stereocenters. The molecule has 2 aromatic heterocycles. The second kappa shape index (κ2) is 7.02. The minimum atomic E-state index is -4.44. The van der Waals surface area contributed by atoms with Crippen molar-refractivity contribution in [2.75, 3.05) is 18.0 Å². The zero-order chi connectivity index (χ0) is 20.8. The summed E-state index contributed by atoms with van der Waals surface area (Å²) in [6, 6.07) is 7.04. The minimum Gasteiger partial charge on any atom is -0.371 e. The number of hydrogen-bond donors (Lipinski definition) is 0. The standard InChI is InChI=1S/C19H18F3N5O2/c1-12-9-15(27(28)29)5-6-16(12)25-8-2-3-13(10-25)18-24-23-17-7-4-14(11-26(17)18)19(20,21)22/h4-7,9,11,13H,2-3,8,10H2,1H3. The van der Waals surface area contributed by atoms with Crippen LogP contribution in [0.5, 0.6) is 0 Å². The largest absolute Gasteiger partial charge is 0.417 e. The smallest absolute Gasteiger partial charge is 0.371 e. The highest BCUT2D eigenvalue weighted by atomic mass is 19.4. The number of nitro groups is 1. The lowest BCUT2D eigenvalue weighted by Gasteiger charge is -2.34. The van der Waals surface area contributed by atoms with Crippen molar-refractivity contribution in [2.45, 2.75) is 31.9 Å². The first-order valence-electron chi connectivity index (χ1n) is 9.16. The van der Waals surface area contributed by atoms with Crippen LogP contribution in [0.3, 0.4) is 0 Å². The lowest BCUT2D eigenvalue weighted by molar-refractivity contribution is -0.384. The average Bonchev–Trinajstić information content (AvgIpc) is 3.10. The third kappa shape index (κ3) is 3.62. The number of nitrogens with zero attached hydrogens (tertiary/aromatic N) is 5. The quantitative estimate of drug-likeness (QED) is 0.478. The summed E-state index contributed by atoms with van der Waals surface area (Å²) in [5.74, 6) is 0.396. The van der Waals surface area contributed by atoms with Crippen LogP contribution in [0.15, 0.2) is 36.5 Å². The van der Waals surface area contributed by atoms with Gasteiger partial charge in [-0.05, 0) is 43.5 Å². The second-order valence-corrected chi connectivity index (χ2v) is 7.22. The molecule has 1 aromatic carbocycles. The zero-order valence-electron chi connectivity index (χ0n) is 15.6. The number of alkyl halides is 3. The summed E-state index contributed by atoms with van der Waals surface area (Å²) < 4.78 is 40.7. The first-order chi connectivity index (χ1) is 13.7. The highest BCUT2D eigenvalue weighted by molar-refractivity contribution is 5.58. The summed E-state index contributed by atoms with van der Waals surface area (Å²) in [6.45, 7) is 3.13. The van der Waals surface area contributed by atoms with Crippen molar-refractivity contribution in [3.05, 3.63) is 63.6 Å². The molecule has 0 radical (unpaired) electrons. The van der Waals surface area contributed by atoms with Crippen molar-refractivity contribution in [3.63, 3.8) is 0 Å². The van der Waals surface area contributed by atoms with Crippen LogP contribution in [0.2, 0.25) is 0 Å². The normalized spacial score (nSPS) is 17.7. The van der Waals surface area contributed by atoms with E-state index in [1.54, 1.807) is 6.07 Å². The Labute approximate surface area is 163 Å². The summed E-state index contributed by atoms with van der Waals surface area (Å²) in [4.78, 5) is 12.6. The van der Waals surface area contributed by atoms with Crippen LogP contribution in [0.4, 0.5) is 24.5 Å². The van der Waals surface area contributed by atoms with Gasteiger partial charge in [0.05, 0.1) is 10.5 Å². The predicted molar refractivity (Wildman–Crippen MR) is 100 cm³/mol. The molecular weight excluding hydrogens is 387 g/mol. The van der Waals surface area contributed by atoms with Gasteiger partial charge in [0, 0.05) is 43.0 Å². The summed E-state index contributed by atoms with van der Waals surface area (Å²) in [5, 5.41) is 19.1. The molecule has 0 amide bonds. The topological polar surface area (TPSA) is 76.6 Å². The van der Waals surface area contributed by atoms with E-state index in [4.69, 9.17) is 0 Å². The minimum absolute atomic E-state index is 0.0305. The number of halogens is 3. The first kappa shape index (κ1) is 19.2. The molecule has 4 rings (SSSR count). The number of pyridine rings is 1. The van der Waals surface area contributed by atoms with Gasteiger partial charge in [0.2, 0.25) is 0 Å². The van der Waals surface area contributed by atoms with Gasteiger partial charge in [0.15, 0.2) is 5.65 Å². The number of rotatable bonds is 3. The Bertz CT molecular complexity index is 1080. The number of hydrogen-bond acceptors (Lipinski definition) is 5. The number of aryl methyl sites for hydroxylation is 1. The molecule has 0 saturated carbocycles. The van der Waals surface area contributed by atoms with Gasteiger partial charge < -0.3 is 4.90 Å². The molecule has 1 fully saturated rings. The molecule has 1 aliphatic rings. The summed E-state index contributed by atoms with van der Waals surface area (Å²) in [7, 11) is 0. The van der Waals surface area contributed by atoms with Crippen LogP contribution in [-0.2, 0) is 6.18 Å². The molecule has 0 N–H and O–H groups in total. The molecule has 152 valence electrons. The van der Waals surface area contributed by atoms with E-state index in [0.29, 0.717) is 18.0 Å². The number of fused-ring (bicyclic) bond motifs is 1. The van der Waals surface area contributed by atoms with Gasteiger partial charge >= 0.3 is 6.18 Å². The molecule has 3 aromatic rings. The van der Waals surface area contributed by atoms with Gasteiger partial charge in [0.1, 0.15) is 5.82 Å². The predicted octanol–water partition coefficient (Wildman–Crippen LogP) is 4.35. The molecule has 1 unspecified atom stereocenters. The van der Waals surface area contributed by atoms with Gasteiger partial charge in [-0.3, -0.25) is 14.5 Å². The number of anilines is 1. The Morgan fingerprint density at radius 2 is 2.00 bits per heavy atom. The molecule has 0 spiro atoms. The van der Waals surface area contributed by atoms with Crippen LogP contribution in [0.1, 0.15) is 35.7 Å². The Kier molecular flexibility index (Phi) is 4.64. The molecule has 3 heterocycles. The SMILES string of the molecule is Cc1cc([N+](=O)[O-])ccc1N1CCCC(c2nnc3ccc(C(F)(F)F)cn23)C1. The van der Waals surface area contributed by atoms with Crippen LogP contribution in [0, 0.1) is 17.0 Å². The average molecular weight is 405 g/mol. The second-order valence-electron chi connectivity index (χ2n) is 7.22. The molecule has 29 heavy (non-hydrogen) atoms. The van der Waals surface area contributed by atoms with Crippen molar-refractivity contribution >= 4 is 17.0 Å². The molecule has 7 nitrogen and oxygen atoms in total. The maximum Gasteiger partial charge on any atom is 0.417 e. The Balaban J connectivity index is 1.64. The van der Waals surface area contributed by atoms with Crippen LogP contribution < -0.4 is 4.90 Å². The highest BCUT2D eigenvalue weighted by Gasteiger charge is 2.32. The van der Waals surface area contributed by atoms with Gasteiger partial charge in [-0.1, -0.05) is 0 Å². The van der Waals surface area contributed by atoms with Gasteiger partial charge in [-0.25, -0.2) is 0 Å². The number of nitro benzene ring substituents is 1. The lowest BCUT2D eigenvalue weighted by atomic mass is 9.96. The number of benzene rings is 1.